The second kappa shape index (κ2) is 5.15. The summed E-state index contributed by atoms with van der Waals surface area (Å²) in [6, 6.07) is 0.911. The number of hydrogen-bond donors (Lipinski definition) is 0. The zero-order chi connectivity index (χ0) is 12.6. The minimum atomic E-state index is 0.558. The van der Waals surface area contributed by atoms with Crippen molar-refractivity contribution >= 4 is 0 Å². The second-order valence-electron chi connectivity index (χ2n) is 7.61. The SMILES string of the molecule is CN1C2CCCCCCCC3CCC3C[C@@]1(C)C2. The van der Waals surface area contributed by atoms with Crippen LogP contribution in [0.2, 0.25) is 0 Å². The third-order valence-electron chi connectivity index (χ3n) is 6.46. The predicted octanol–water partition coefficient (Wildman–Crippen LogP) is 4.61. The molecule has 4 fully saturated rings. The van der Waals surface area contributed by atoms with E-state index >= 15 is 0 Å². The Balaban J connectivity index is 1.62. The summed E-state index contributed by atoms with van der Waals surface area (Å²) in [7, 11) is 2.39. The first-order valence-electron chi connectivity index (χ1n) is 8.42. The molecule has 0 spiro atoms. The molecule has 2 bridgehead atoms. The van der Waals surface area contributed by atoms with Crippen molar-refractivity contribution in [1.82, 2.24) is 4.90 Å². The van der Waals surface area contributed by atoms with E-state index in [2.05, 4.69) is 18.9 Å². The van der Waals surface area contributed by atoms with Crippen molar-refractivity contribution in [2.45, 2.75) is 89.1 Å². The molecule has 0 aromatic carbocycles. The Hall–Kier alpha value is -0.0400. The van der Waals surface area contributed by atoms with E-state index in [1.165, 1.54) is 70.6 Å². The van der Waals surface area contributed by atoms with Gasteiger partial charge in [0.05, 0.1) is 0 Å². The summed E-state index contributed by atoms with van der Waals surface area (Å²) in [6.07, 6.45) is 16.5. The van der Waals surface area contributed by atoms with Crippen LogP contribution in [0.1, 0.15) is 77.6 Å². The summed E-state index contributed by atoms with van der Waals surface area (Å²) < 4.78 is 0. The number of hydrogen-bond acceptors (Lipinski definition) is 1. The Morgan fingerprint density at radius 3 is 2.11 bits per heavy atom. The summed E-state index contributed by atoms with van der Waals surface area (Å²) in [4.78, 5) is 2.72. The van der Waals surface area contributed by atoms with Crippen LogP contribution < -0.4 is 0 Å². The molecule has 2 heterocycles. The minimum absolute atomic E-state index is 0.558. The van der Waals surface area contributed by atoms with Gasteiger partial charge in [-0.05, 0) is 57.9 Å². The van der Waals surface area contributed by atoms with E-state index in [-0.39, 0.29) is 0 Å². The van der Waals surface area contributed by atoms with Gasteiger partial charge in [-0.1, -0.05) is 38.5 Å². The van der Waals surface area contributed by atoms with Crippen molar-refractivity contribution in [2.24, 2.45) is 11.8 Å². The Bertz CT molecular complexity index is 287. The number of rotatable bonds is 0. The van der Waals surface area contributed by atoms with E-state index in [9.17, 15) is 0 Å². The van der Waals surface area contributed by atoms with Gasteiger partial charge in [-0.2, -0.15) is 0 Å². The van der Waals surface area contributed by atoms with Gasteiger partial charge >= 0.3 is 0 Å². The van der Waals surface area contributed by atoms with E-state index in [0.29, 0.717) is 5.54 Å². The van der Waals surface area contributed by atoms with Gasteiger partial charge in [-0.3, -0.25) is 4.90 Å². The Labute approximate surface area is 113 Å². The van der Waals surface area contributed by atoms with Crippen LogP contribution in [0.4, 0.5) is 0 Å². The molecule has 0 aromatic heterocycles. The van der Waals surface area contributed by atoms with Gasteiger partial charge < -0.3 is 0 Å². The number of fused-ring (bicyclic) bond motifs is 6. The lowest BCUT2D eigenvalue weighted by atomic mass is 9.63. The monoisotopic (exact) mass is 249 g/mol. The summed E-state index contributed by atoms with van der Waals surface area (Å²) in [6.45, 7) is 2.53. The zero-order valence-electron chi connectivity index (χ0n) is 12.5. The van der Waals surface area contributed by atoms with Crippen molar-refractivity contribution in [3.05, 3.63) is 0 Å². The van der Waals surface area contributed by atoms with Gasteiger partial charge in [-0.15, -0.1) is 0 Å². The molecule has 1 nitrogen and oxygen atoms in total. The van der Waals surface area contributed by atoms with E-state index in [0.717, 1.165) is 17.9 Å². The fraction of sp³-hybridized carbons (Fsp3) is 1.00. The van der Waals surface area contributed by atoms with Crippen molar-refractivity contribution in [3.63, 3.8) is 0 Å². The topological polar surface area (TPSA) is 3.24 Å². The van der Waals surface area contributed by atoms with Crippen LogP contribution in [0, 0.1) is 11.8 Å². The smallest absolute Gasteiger partial charge is 0.0198 e. The molecule has 2 saturated heterocycles. The van der Waals surface area contributed by atoms with Crippen LogP contribution in [-0.2, 0) is 0 Å². The third kappa shape index (κ3) is 2.35. The van der Waals surface area contributed by atoms with Crippen molar-refractivity contribution < 1.29 is 0 Å². The third-order valence-corrected chi connectivity index (χ3v) is 6.46. The molecule has 4 rings (SSSR count). The van der Waals surface area contributed by atoms with Gasteiger partial charge in [0.25, 0.3) is 0 Å². The molecule has 2 saturated carbocycles. The second-order valence-corrected chi connectivity index (χ2v) is 7.61. The van der Waals surface area contributed by atoms with Crippen LogP contribution in [0.25, 0.3) is 0 Å². The molecule has 0 radical (unpaired) electrons. The van der Waals surface area contributed by atoms with Crippen LogP contribution in [0.5, 0.6) is 0 Å². The quantitative estimate of drug-likeness (QED) is 0.606. The van der Waals surface area contributed by atoms with Crippen LogP contribution in [0.15, 0.2) is 0 Å². The van der Waals surface area contributed by atoms with E-state index in [1.54, 1.807) is 0 Å². The maximum atomic E-state index is 2.72. The maximum Gasteiger partial charge on any atom is 0.0198 e. The summed E-state index contributed by atoms with van der Waals surface area (Å²) >= 11 is 0. The first kappa shape index (κ1) is 13.0. The predicted molar refractivity (Wildman–Crippen MR) is 77.7 cm³/mol. The first-order chi connectivity index (χ1) is 8.69. The molecule has 2 aliphatic heterocycles. The highest BCUT2D eigenvalue weighted by Crippen LogP contribution is 2.49. The standard InChI is InChI=1S/C17H31N/c1-17-12-15-11-10-14(15)8-6-4-3-5-7-9-16(13-17)18(17)2/h14-16H,3-13H2,1-2H3/t14?,15?,16?,17-/m0/s1. The molecule has 0 amide bonds. The highest BCUT2D eigenvalue weighted by Gasteiger charge is 2.48. The van der Waals surface area contributed by atoms with Crippen LogP contribution >= 0.6 is 0 Å². The van der Waals surface area contributed by atoms with Gasteiger partial charge in [0, 0.05) is 11.6 Å². The average molecular weight is 249 g/mol. The van der Waals surface area contributed by atoms with Crippen LogP contribution in [0.3, 0.4) is 0 Å². The number of nitrogens with zero attached hydrogens (tertiary/aromatic N) is 1. The molecule has 104 valence electrons. The van der Waals surface area contributed by atoms with E-state index in [4.69, 9.17) is 0 Å². The molecule has 0 N–H and O–H groups in total. The van der Waals surface area contributed by atoms with Crippen molar-refractivity contribution in [1.29, 1.82) is 0 Å². The molecule has 1 heteroatoms. The van der Waals surface area contributed by atoms with Gasteiger partial charge in [0.15, 0.2) is 0 Å². The molecule has 4 aliphatic rings. The van der Waals surface area contributed by atoms with Gasteiger partial charge in [-0.25, -0.2) is 0 Å². The molecule has 2 aliphatic carbocycles. The van der Waals surface area contributed by atoms with E-state index < -0.39 is 0 Å². The lowest BCUT2D eigenvalue weighted by molar-refractivity contribution is -0.0737. The van der Waals surface area contributed by atoms with Crippen molar-refractivity contribution in [2.75, 3.05) is 7.05 Å². The summed E-state index contributed by atoms with van der Waals surface area (Å²) in [5, 5.41) is 0. The molecule has 3 unspecified atom stereocenters. The summed E-state index contributed by atoms with van der Waals surface area (Å²) in [5.74, 6) is 2.16. The lowest BCUT2D eigenvalue weighted by Gasteiger charge is -2.58. The average Bonchev–Trinajstić information content (AvgIpc) is 2.36. The Morgan fingerprint density at radius 2 is 1.44 bits per heavy atom. The fourth-order valence-electron chi connectivity index (χ4n) is 4.81. The highest BCUT2D eigenvalue weighted by molar-refractivity contribution is 5.03. The largest absolute Gasteiger partial charge is 0.298 e. The lowest BCUT2D eigenvalue weighted by Crippen LogP contribution is -2.63. The molecule has 0 aromatic rings. The van der Waals surface area contributed by atoms with Gasteiger partial charge in [0.1, 0.15) is 0 Å². The highest BCUT2D eigenvalue weighted by atomic mass is 15.3. The molecule has 4 atom stereocenters. The van der Waals surface area contributed by atoms with E-state index in [1.807, 2.05) is 0 Å². The fourth-order valence-corrected chi connectivity index (χ4v) is 4.81. The Kier molecular flexibility index (Phi) is 3.71. The zero-order valence-corrected chi connectivity index (χ0v) is 12.5. The van der Waals surface area contributed by atoms with Crippen LogP contribution in [-0.4, -0.2) is 23.5 Å². The minimum Gasteiger partial charge on any atom is -0.298 e. The molecular formula is C17H31N. The molecular weight excluding hydrogens is 218 g/mol. The summed E-state index contributed by atoms with van der Waals surface area (Å²) in [5.41, 5.74) is 0.558. The van der Waals surface area contributed by atoms with Crippen molar-refractivity contribution in [3.8, 4) is 0 Å². The van der Waals surface area contributed by atoms with Gasteiger partial charge in [0.2, 0.25) is 0 Å². The molecule has 18 heavy (non-hydrogen) atoms. The normalized spacial score (nSPS) is 46.7. The maximum absolute atomic E-state index is 2.72. The first-order valence-corrected chi connectivity index (χ1v) is 8.42. The Morgan fingerprint density at radius 1 is 0.778 bits per heavy atom.